The van der Waals surface area contributed by atoms with Crippen molar-refractivity contribution in [2.45, 2.75) is 0 Å². The largest absolute Gasteiger partial charge is 0.478 e. The maximum absolute atomic E-state index is 11.3. The third-order valence-corrected chi connectivity index (χ3v) is 3.55. The molecule has 7 heteroatoms. The molecule has 0 atom stereocenters. The molecule has 3 N–H and O–H groups in total. The second-order valence-electron chi connectivity index (χ2n) is 4.87. The maximum Gasteiger partial charge on any atom is 0.337 e. The lowest BCUT2D eigenvalue weighted by Gasteiger charge is -2.11. The van der Waals surface area contributed by atoms with Crippen LogP contribution in [0.5, 0.6) is 0 Å². The van der Waals surface area contributed by atoms with E-state index in [-0.39, 0.29) is 5.56 Å². The van der Waals surface area contributed by atoms with Gasteiger partial charge in [-0.1, -0.05) is 35.9 Å². The van der Waals surface area contributed by atoms with Gasteiger partial charge in [-0.2, -0.15) is 0 Å². The normalized spacial score (nSPS) is 10.2. The Kier molecular flexibility index (Phi) is 4.58. The van der Waals surface area contributed by atoms with Crippen LogP contribution in [0.4, 0.5) is 23.0 Å². The van der Waals surface area contributed by atoms with Gasteiger partial charge in [0.1, 0.15) is 18.0 Å². The van der Waals surface area contributed by atoms with Crippen LogP contribution in [0.15, 0.2) is 60.9 Å². The van der Waals surface area contributed by atoms with Crippen molar-refractivity contribution in [1.82, 2.24) is 9.97 Å². The van der Waals surface area contributed by atoms with E-state index < -0.39 is 5.97 Å². The fraction of sp³-hybridized carbons (Fsp3) is 0. The number of para-hydroxylation sites is 2. The highest BCUT2D eigenvalue weighted by molar-refractivity contribution is 6.33. The number of hydrogen-bond acceptors (Lipinski definition) is 5. The number of nitrogens with one attached hydrogen (secondary N) is 2. The predicted molar refractivity (Wildman–Crippen MR) is 93.5 cm³/mol. The lowest BCUT2D eigenvalue weighted by molar-refractivity contribution is 0.0698. The monoisotopic (exact) mass is 340 g/mol. The molecule has 0 unspecified atom stereocenters. The molecule has 2 aromatic carbocycles. The van der Waals surface area contributed by atoms with Crippen molar-refractivity contribution in [3.05, 3.63) is 71.5 Å². The lowest BCUT2D eigenvalue weighted by Crippen LogP contribution is -2.04. The Labute approximate surface area is 143 Å². The number of rotatable bonds is 5. The summed E-state index contributed by atoms with van der Waals surface area (Å²) < 4.78 is 0. The van der Waals surface area contributed by atoms with E-state index in [0.29, 0.717) is 22.3 Å². The number of anilines is 4. The van der Waals surface area contributed by atoms with E-state index in [1.54, 1.807) is 30.3 Å². The molecule has 120 valence electrons. The average molecular weight is 341 g/mol. The van der Waals surface area contributed by atoms with Crippen molar-refractivity contribution in [1.29, 1.82) is 0 Å². The molecule has 6 nitrogen and oxygen atoms in total. The fourth-order valence-electron chi connectivity index (χ4n) is 2.11. The van der Waals surface area contributed by atoms with Crippen LogP contribution >= 0.6 is 11.6 Å². The molecule has 3 rings (SSSR count). The van der Waals surface area contributed by atoms with Crippen LogP contribution in [0.25, 0.3) is 0 Å². The third-order valence-electron chi connectivity index (χ3n) is 3.22. The highest BCUT2D eigenvalue weighted by Gasteiger charge is 2.10. The predicted octanol–water partition coefficient (Wildman–Crippen LogP) is 4.32. The van der Waals surface area contributed by atoms with Crippen LogP contribution in [0.3, 0.4) is 0 Å². The zero-order chi connectivity index (χ0) is 16.9. The Bertz CT molecular complexity index is 886. The van der Waals surface area contributed by atoms with Gasteiger partial charge < -0.3 is 15.7 Å². The minimum absolute atomic E-state index is 0.164. The molecular weight excluding hydrogens is 328 g/mol. The van der Waals surface area contributed by atoms with Gasteiger partial charge in [0.15, 0.2) is 0 Å². The van der Waals surface area contributed by atoms with Gasteiger partial charge in [-0.15, -0.1) is 0 Å². The number of halogens is 1. The Balaban J connectivity index is 1.84. The number of hydrogen-bond donors (Lipinski definition) is 3. The van der Waals surface area contributed by atoms with Gasteiger partial charge >= 0.3 is 5.97 Å². The molecule has 0 aliphatic rings. The quantitative estimate of drug-likeness (QED) is 0.641. The van der Waals surface area contributed by atoms with Gasteiger partial charge in [-0.3, -0.25) is 0 Å². The highest BCUT2D eigenvalue weighted by Crippen LogP contribution is 2.25. The zero-order valence-electron chi connectivity index (χ0n) is 12.4. The van der Waals surface area contributed by atoms with Gasteiger partial charge in [0.25, 0.3) is 0 Å². The van der Waals surface area contributed by atoms with Crippen LogP contribution in [0.1, 0.15) is 10.4 Å². The van der Waals surface area contributed by atoms with Crippen LogP contribution in [0, 0.1) is 0 Å². The van der Waals surface area contributed by atoms with Crippen molar-refractivity contribution in [2.75, 3.05) is 10.6 Å². The first-order chi connectivity index (χ1) is 11.6. The first-order valence-electron chi connectivity index (χ1n) is 7.06. The number of benzene rings is 2. The van der Waals surface area contributed by atoms with E-state index in [1.807, 2.05) is 18.2 Å². The van der Waals surface area contributed by atoms with Gasteiger partial charge in [-0.05, 0) is 24.3 Å². The SMILES string of the molecule is O=C(O)c1ccccc1Nc1cc(Nc2ccccc2Cl)ncn1. The molecule has 3 aromatic rings. The number of carboxylic acids is 1. The molecule has 0 radical (unpaired) electrons. The van der Waals surface area contributed by atoms with Crippen LogP contribution in [-0.2, 0) is 0 Å². The van der Waals surface area contributed by atoms with Gasteiger partial charge in [0.2, 0.25) is 0 Å². The molecule has 0 fully saturated rings. The molecule has 0 saturated carbocycles. The maximum atomic E-state index is 11.3. The van der Waals surface area contributed by atoms with E-state index in [2.05, 4.69) is 20.6 Å². The van der Waals surface area contributed by atoms with E-state index in [4.69, 9.17) is 11.6 Å². The minimum atomic E-state index is -1.01. The minimum Gasteiger partial charge on any atom is -0.478 e. The summed E-state index contributed by atoms with van der Waals surface area (Å²) in [5.41, 5.74) is 1.33. The molecule has 0 amide bonds. The molecule has 0 aliphatic carbocycles. The number of nitrogens with zero attached hydrogens (tertiary/aromatic N) is 2. The van der Waals surface area contributed by atoms with Crippen LogP contribution < -0.4 is 10.6 Å². The summed E-state index contributed by atoms with van der Waals surface area (Å²) >= 11 is 6.11. The Morgan fingerprint density at radius 1 is 0.917 bits per heavy atom. The summed E-state index contributed by atoms with van der Waals surface area (Å²) in [5.74, 6) is -0.0109. The van der Waals surface area contributed by atoms with E-state index in [0.717, 1.165) is 5.69 Å². The Morgan fingerprint density at radius 3 is 2.17 bits per heavy atom. The number of carboxylic acid groups (broad SMARTS) is 1. The molecule has 0 saturated heterocycles. The second-order valence-corrected chi connectivity index (χ2v) is 5.28. The van der Waals surface area contributed by atoms with Crippen LogP contribution in [0.2, 0.25) is 5.02 Å². The van der Waals surface area contributed by atoms with Crippen LogP contribution in [-0.4, -0.2) is 21.0 Å². The molecule has 0 aliphatic heterocycles. The van der Waals surface area contributed by atoms with Crippen molar-refractivity contribution in [2.24, 2.45) is 0 Å². The molecule has 1 heterocycles. The summed E-state index contributed by atoms with van der Waals surface area (Å²) in [4.78, 5) is 19.5. The molecule has 1 aromatic heterocycles. The number of aromatic carboxylic acids is 1. The Hall–Kier alpha value is -3.12. The van der Waals surface area contributed by atoms with Crippen molar-refractivity contribution in [3.63, 3.8) is 0 Å². The molecule has 0 bridgehead atoms. The summed E-state index contributed by atoms with van der Waals surface area (Å²) in [6, 6.07) is 15.6. The third kappa shape index (κ3) is 3.61. The summed E-state index contributed by atoms with van der Waals surface area (Å²) in [6.45, 7) is 0. The van der Waals surface area contributed by atoms with Gasteiger partial charge in [-0.25, -0.2) is 14.8 Å². The number of carbonyl (C=O) groups is 1. The summed E-state index contributed by atoms with van der Waals surface area (Å²) in [6.07, 6.45) is 1.38. The van der Waals surface area contributed by atoms with Crippen molar-refractivity contribution in [3.8, 4) is 0 Å². The van der Waals surface area contributed by atoms with Crippen molar-refractivity contribution < 1.29 is 9.90 Å². The smallest absolute Gasteiger partial charge is 0.337 e. The molecule has 24 heavy (non-hydrogen) atoms. The van der Waals surface area contributed by atoms with Gasteiger partial charge in [0, 0.05) is 6.07 Å². The average Bonchev–Trinajstić information content (AvgIpc) is 2.58. The van der Waals surface area contributed by atoms with E-state index in [1.165, 1.54) is 12.4 Å². The summed E-state index contributed by atoms with van der Waals surface area (Å²) in [5, 5.41) is 15.9. The van der Waals surface area contributed by atoms with E-state index in [9.17, 15) is 9.90 Å². The fourth-order valence-corrected chi connectivity index (χ4v) is 2.29. The highest BCUT2D eigenvalue weighted by atomic mass is 35.5. The number of aromatic nitrogens is 2. The zero-order valence-corrected chi connectivity index (χ0v) is 13.2. The molecule has 0 spiro atoms. The standard InChI is InChI=1S/C17H13ClN4O2/c18-12-6-2-4-8-14(12)22-16-9-15(19-10-20-16)21-13-7-3-1-5-11(13)17(23)24/h1-10H,(H,23,24)(H2,19,20,21,22). The van der Waals surface area contributed by atoms with Gasteiger partial charge in [0.05, 0.1) is 22.0 Å². The first-order valence-corrected chi connectivity index (χ1v) is 7.44. The summed E-state index contributed by atoms with van der Waals surface area (Å²) in [7, 11) is 0. The van der Waals surface area contributed by atoms with Crippen molar-refractivity contribution >= 4 is 40.6 Å². The second kappa shape index (κ2) is 6.97. The molecular formula is C17H13ClN4O2. The first kappa shape index (κ1) is 15.8. The lowest BCUT2D eigenvalue weighted by atomic mass is 10.2. The topological polar surface area (TPSA) is 87.1 Å². The van der Waals surface area contributed by atoms with E-state index >= 15 is 0 Å². The Morgan fingerprint density at radius 2 is 1.50 bits per heavy atom.